The number of aromatic nitrogens is 3. The van der Waals surface area contributed by atoms with E-state index in [4.69, 9.17) is 4.98 Å². The first-order chi connectivity index (χ1) is 17.7. The summed E-state index contributed by atoms with van der Waals surface area (Å²) < 4.78 is 2.00. The molecule has 36 heavy (non-hydrogen) atoms. The van der Waals surface area contributed by atoms with Crippen LogP contribution in [0.2, 0.25) is 0 Å². The highest BCUT2D eigenvalue weighted by atomic mass is 16.1. The second-order valence-electron chi connectivity index (χ2n) is 11.9. The summed E-state index contributed by atoms with van der Waals surface area (Å²) in [6, 6.07) is 13.4. The van der Waals surface area contributed by atoms with Crippen molar-refractivity contribution in [3.63, 3.8) is 0 Å². The third kappa shape index (κ3) is 3.76. The molecule has 188 valence electrons. The van der Waals surface area contributed by atoms with E-state index >= 15 is 0 Å². The first-order valence-corrected chi connectivity index (χ1v) is 14.1. The van der Waals surface area contributed by atoms with Crippen LogP contribution in [0.4, 0.5) is 0 Å². The number of hydrogen-bond acceptors (Lipinski definition) is 4. The van der Waals surface area contributed by atoms with Crippen molar-refractivity contribution < 1.29 is 0 Å². The fourth-order valence-corrected chi connectivity index (χ4v) is 8.44. The Morgan fingerprint density at radius 2 is 1.47 bits per heavy atom. The molecule has 1 N–H and O–H groups in total. The fraction of sp³-hybridized carbons (Fsp3) is 0.567. The van der Waals surface area contributed by atoms with Crippen LogP contribution in [0.25, 0.3) is 22.3 Å². The van der Waals surface area contributed by atoms with Crippen LogP contribution in [-0.4, -0.2) is 37.6 Å². The number of hydrogen-bond donors (Lipinski definition) is 1. The number of benzene rings is 1. The van der Waals surface area contributed by atoms with E-state index in [1.807, 2.05) is 28.8 Å². The number of H-pyrrole nitrogens is 1. The summed E-state index contributed by atoms with van der Waals surface area (Å²) in [6.07, 6.45) is 15.9. The lowest BCUT2D eigenvalue weighted by Crippen LogP contribution is -2.58. The van der Waals surface area contributed by atoms with Gasteiger partial charge in [0.15, 0.2) is 0 Å². The van der Waals surface area contributed by atoms with Crippen LogP contribution in [-0.2, 0) is 0 Å². The molecular weight excluding hydrogens is 448 g/mol. The van der Waals surface area contributed by atoms with Gasteiger partial charge in [0.25, 0.3) is 11.1 Å². The van der Waals surface area contributed by atoms with Gasteiger partial charge in [-0.1, -0.05) is 37.8 Å². The predicted octanol–water partition coefficient (Wildman–Crippen LogP) is 5.28. The molecule has 0 spiro atoms. The van der Waals surface area contributed by atoms with Crippen molar-refractivity contribution >= 4 is 11.0 Å². The van der Waals surface area contributed by atoms with Gasteiger partial charge in [-0.3, -0.25) is 14.5 Å². The largest absolute Gasteiger partial charge is 0.329 e. The van der Waals surface area contributed by atoms with E-state index in [1.165, 1.54) is 57.8 Å². The summed E-state index contributed by atoms with van der Waals surface area (Å²) in [5, 5.41) is 0. The Bertz CT molecular complexity index is 1370. The fourth-order valence-electron chi connectivity index (χ4n) is 8.44. The van der Waals surface area contributed by atoms with Crippen molar-refractivity contribution in [1.82, 2.24) is 19.4 Å². The number of nitrogens with zero attached hydrogens (tertiary/aromatic N) is 3. The average Bonchev–Trinajstić information content (AvgIpc) is 2.88. The molecule has 6 nitrogen and oxygen atoms in total. The van der Waals surface area contributed by atoms with Crippen molar-refractivity contribution in [2.24, 2.45) is 11.8 Å². The lowest BCUT2D eigenvalue weighted by molar-refractivity contribution is -0.0485. The Morgan fingerprint density at radius 3 is 2.22 bits per heavy atom. The number of aromatic amines is 1. The number of fused-ring (bicyclic) bond motifs is 5. The minimum atomic E-state index is -0.265. The van der Waals surface area contributed by atoms with E-state index in [9.17, 15) is 9.59 Å². The molecule has 6 heteroatoms. The van der Waals surface area contributed by atoms with Gasteiger partial charge in [-0.25, -0.2) is 4.98 Å². The molecule has 2 unspecified atom stereocenters. The average molecular weight is 485 g/mol. The minimum absolute atomic E-state index is 0.130. The molecule has 3 aromatic rings. The van der Waals surface area contributed by atoms with E-state index in [2.05, 4.69) is 9.88 Å². The molecule has 1 aromatic carbocycles. The number of para-hydroxylation sites is 2. The maximum atomic E-state index is 14.0. The van der Waals surface area contributed by atoms with E-state index in [0.29, 0.717) is 17.6 Å². The van der Waals surface area contributed by atoms with Crippen molar-refractivity contribution in [2.45, 2.75) is 94.8 Å². The van der Waals surface area contributed by atoms with Crippen molar-refractivity contribution in [3.05, 3.63) is 63.3 Å². The molecule has 2 aromatic heterocycles. The Labute approximate surface area is 211 Å². The lowest BCUT2D eigenvalue weighted by Gasteiger charge is -2.55. The molecule has 7 rings (SSSR count). The number of pyridine rings is 1. The number of rotatable bonds is 3. The third-order valence-electron chi connectivity index (χ3n) is 9.76. The molecule has 2 aliphatic carbocycles. The smallest absolute Gasteiger partial charge is 0.278 e. The quantitative estimate of drug-likeness (QED) is 0.549. The molecule has 2 aliphatic heterocycles. The lowest BCUT2D eigenvalue weighted by atomic mass is 9.68. The summed E-state index contributed by atoms with van der Waals surface area (Å²) in [6.45, 7) is 0. The van der Waals surface area contributed by atoms with Crippen LogP contribution in [0, 0.1) is 11.8 Å². The molecule has 2 saturated heterocycles. The van der Waals surface area contributed by atoms with Gasteiger partial charge < -0.3 is 9.55 Å². The highest BCUT2D eigenvalue weighted by Gasteiger charge is 2.45. The maximum Gasteiger partial charge on any atom is 0.278 e. The molecular formula is C30H36N4O2. The molecule has 2 saturated carbocycles. The van der Waals surface area contributed by atoms with Gasteiger partial charge in [-0.15, -0.1) is 0 Å². The highest BCUT2D eigenvalue weighted by molar-refractivity contribution is 5.77. The summed E-state index contributed by atoms with van der Waals surface area (Å²) >= 11 is 0. The van der Waals surface area contributed by atoms with Crippen molar-refractivity contribution in [3.8, 4) is 11.3 Å². The highest BCUT2D eigenvalue weighted by Crippen LogP contribution is 2.47. The minimum Gasteiger partial charge on any atom is -0.329 e. The zero-order chi connectivity index (χ0) is 24.2. The van der Waals surface area contributed by atoms with Gasteiger partial charge in [0, 0.05) is 30.4 Å². The standard InChI is InChI=1S/C30H36N4O2/c35-29-25(10-5-13-31-29)28-30(36)34(27-12-2-1-11-26(27)32-28)24-17-21-8-4-9-22(18-24)33(21)23-15-19-6-3-7-20(14-19)16-23/h1-2,5,10-13,19-24H,3-4,6-9,14-18H2,(H,31,35)/t19-,20+,21-,22+,23?,24?. The Morgan fingerprint density at radius 1 is 0.750 bits per heavy atom. The molecule has 0 radical (unpaired) electrons. The van der Waals surface area contributed by atoms with Gasteiger partial charge in [0.05, 0.1) is 16.6 Å². The zero-order valence-electron chi connectivity index (χ0n) is 20.9. The van der Waals surface area contributed by atoms with Gasteiger partial charge >= 0.3 is 0 Å². The Kier molecular flexibility index (Phi) is 5.61. The Balaban J connectivity index is 1.27. The Hall–Kier alpha value is -2.73. The molecule has 0 amide bonds. The van der Waals surface area contributed by atoms with E-state index in [1.54, 1.807) is 18.3 Å². The van der Waals surface area contributed by atoms with E-state index in [0.717, 1.165) is 41.8 Å². The van der Waals surface area contributed by atoms with Crippen molar-refractivity contribution in [2.75, 3.05) is 0 Å². The summed E-state index contributed by atoms with van der Waals surface area (Å²) in [4.78, 5) is 36.9. The van der Waals surface area contributed by atoms with Crippen molar-refractivity contribution in [1.29, 1.82) is 0 Å². The van der Waals surface area contributed by atoms with Crippen LogP contribution >= 0.6 is 0 Å². The van der Waals surface area contributed by atoms with Crippen LogP contribution < -0.4 is 11.1 Å². The summed E-state index contributed by atoms with van der Waals surface area (Å²) in [7, 11) is 0. The summed E-state index contributed by atoms with van der Waals surface area (Å²) in [5.74, 6) is 1.86. The first-order valence-electron chi connectivity index (χ1n) is 14.1. The van der Waals surface area contributed by atoms with Crippen LogP contribution in [0.1, 0.15) is 76.7 Å². The van der Waals surface area contributed by atoms with Gasteiger partial charge in [0.1, 0.15) is 5.69 Å². The molecule has 4 aliphatic rings. The third-order valence-corrected chi connectivity index (χ3v) is 9.76. The van der Waals surface area contributed by atoms with E-state index < -0.39 is 0 Å². The molecule has 4 bridgehead atoms. The van der Waals surface area contributed by atoms with Gasteiger partial charge in [0.2, 0.25) is 0 Å². The number of nitrogens with one attached hydrogen (secondary N) is 1. The maximum absolute atomic E-state index is 14.0. The second kappa shape index (κ2) is 8.98. The SMILES string of the molecule is O=c1[nH]cccc1-c1nc2ccccc2n(C2C[C@H]3CCC[C@@H](C2)N3C2C[C@H]3CCC[C@@H](C2)C3)c1=O. The normalized spacial score (nSPS) is 32.4. The molecule has 6 atom stereocenters. The monoisotopic (exact) mass is 484 g/mol. The second-order valence-corrected chi connectivity index (χ2v) is 11.9. The van der Waals surface area contributed by atoms with Crippen LogP contribution in [0.3, 0.4) is 0 Å². The van der Waals surface area contributed by atoms with Crippen LogP contribution in [0.5, 0.6) is 0 Å². The van der Waals surface area contributed by atoms with Crippen LogP contribution in [0.15, 0.2) is 52.2 Å². The predicted molar refractivity (Wildman–Crippen MR) is 142 cm³/mol. The van der Waals surface area contributed by atoms with E-state index in [-0.39, 0.29) is 22.9 Å². The van der Waals surface area contributed by atoms with Gasteiger partial charge in [-0.2, -0.15) is 0 Å². The van der Waals surface area contributed by atoms with Gasteiger partial charge in [-0.05, 0) is 81.0 Å². The first kappa shape index (κ1) is 22.5. The summed E-state index contributed by atoms with van der Waals surface area (Å²) in [5.41, 5.74) is 1.90. The number of piperidine rings is 2. The zero-order valence-corrected chi connectivity index (χ0v) is 20.9. The molecule has 4 heterocycles. The topological polar surface area (TPSA) is 71.0 Å². The molecule has 4 fully saturated rings.